The summed E-state index contributed by atoms with van der Waals surface area (Å²) in [6.07, 6.45) is 2.35. The van der Waals surface area contributed by atoms with Crippen LogP contribution in [0, 0.1) is 5.92 Å². The van der Waals surface area contributed by atoms with Gasteiger partial charge in [0.2, 0.25) is 5.91 Å². The molecule has 0 aromatic heterocycles. The average Bonchev–Trinajstić information content (AvgIpc) is 2.71. The van der Waals surface area contributed by atoms with Gasteiger partial charge in [0.05, 0.1) is 6.04 Å². The van der Waals surface area contributed by atoms with E-state index >= 15 is 0 Å². The quantitative estimate of drug-likeness (QED) is 0.716. The minimum atomic E-state index is 0. The molecule has 1 aliphatic carbocycles. The molecule has 0 aromatic carbocycles. The first kappa shape index (κ1) is 10.8. The van der Waals surface area contributed by atoms with E-state index in [9.17, 15) is 4.79 Å². The van der Waals surface area contributed by atoms with E-state index in [1.54, 1.807) is 4.90 Å². The molecule has 3 atom stereocenters. The SMILES string of the molecule is CCN(C)C(=O)[C@@H]1C[C@@H]2C[C@@H]2N1.Cl. The maximum Gasteiger partial charge on any atom is 0.239 e. The van der Waals surface area contributed by atoms with Gasteiger partial charge in [0.15, 0.2) is 0 Å². The van der Waals surface area contributed by atoms with Crippen LogP contribution in [0.2, 0.25) is 0 Å². The van der Waals surface area contributed by atoms with E-state index in [0.717, 1.165) is 18.9 Å². The average molecular weight is 205 g/mol. The first-order valence-corrected chi connectivity index (χ1v) is 4.73. The van der Waals surface area contributed by atoms with Gasteiger partial charge in [-0.25, -0.2) is 0 Å². The van der Waals surface area contributed by atoms with Gasteiger partial charge in [0.1, 0.15) is 0 Å². The largest absolute Gasteiger partial charge is 0.345 e. The number of hydrogen-bond donors (Lipinski definition) is 1. The van der Waals surface area contributed by atoms with Gasteiger partial charge in [0, 0.05) is 19.6 Å². The first-order chi connectivity index (χ1) is 5.72. The molecule has 1 saturated heterocycles. The lowest BCUT2D eigenvalue weighted by atomic mass is 10.1. The Hall–Kier alpha value is -0.280. The van der Waals surface area contributed by atoms with Crippen LogP contribution in [0.25, 0.3) is 0 Å². The van der Waals surface area contributed by atoms with Crippen molar-refractivity contribution in [2.45, 2.75) is 31.8 Å². The summed E-state index contributed by atoms with van der Waals surface area (Å²) in [5, 5.41) is 3.35. The number of likely N-dealkylation sites (N-methyl/N-ethyl adjacent to an activating group) is 1. The number of fused-ring (bicyclic) bond motifs is 1. The number of carbonyl (C=O) groups excluding carboxylic acids is 1. The molecule has 3 nitrogen and oxygen atoms in total. The van der Waals surface area contributed by atoms with Crippen molar-refractivity contribution in [3.05, 3.63) is 0 Å². The van der Waals surface area contributed by atoms with Crippen molar-refractivity contribution in [2.75, 3.05) is 13.6 Å². The highest BCUT2D eigenvalue weighted by Gasteiger charge is 2.48. The molecule has 2 aliphatic rings. The van der Waals surface area contributed by atoms with Gasteiger partial charge in [-0.1, -0.05) is 0 Å². The van der Waals surface area contributed by atoms with Gasteiger partial charge in [-0.15, -0.1) is 12.4 Å². The Morgan fingerprint density at radius 1 is 1.54 bits per heavy atom. The fraction of sp³-hybridized carbons (Fsp3) is 0.889. The summed E-state index contributed by atoms with van der Waals surface area (Å²) in [6.45, 7) is 2.82. The number of halogens is 1. The molecule has 1 N–H and O–H groups in total. The molecule has 1 saturated carbocycles. The molecule has 76 valence electrons. The zero-order chi connectivity index (χ0) is 8.72. The van der Waals surface area contributed by atoms with Gasteiger partial charge < -0.3 is 10.2 Å². The Kier molecular flexibility index (Phi) is 3.19. The Labute approximate surface area is 85.3 Å². The van der Waals surface area contributed by atoms with Gasteiger partial charge in [-0.05, 0) is 25.7 Å². The zero-order valence-corrected chi connectivity index (χ0v) is 8.93. The standard InChI is InChI=1S/C9H16N2O.ClH/c1-3-11(2)9(12)8-5-6-4-7(6)10-8;/h6-8,10H,3-5H2,1-2H3;1H/t6-,7-,8-;/m0./s1. The van der Waals surface area contributed by atoms with Gasteiger partial charge in [-0.2, -0.15) is 0 Å². The van der Waals surface area contributed by atoms with E-state index in [2.05, 4.69) is 5.32 Å². The van der Waals surface area contributed by atoms with Crippen LogP contribution in [0.5, 0.6) is 0 Å². The van der Waals surface area contributed by atoms with E-state index in [4.69, 9.17) is 0 Å². The molecule has 4 heteroatoms. The molecule has 0 radical (unpaired) electrons. The highest BCUT2D eigenvalue weighted by atomic mass is 35.5. The Bertz CT molecular complexity index is 200. The maximum atomic E-state index is 11.6. The van der Waals surface area contributed by atoms with E-state index in [0.29, 0.717) is 6.04 Å². The fourth-order valence-electron chi connectivity index (χ4n) is 1.94. The summed E-state index contributed by atoms with van der Waals surface area (Å²) < 4.78 is 0. The van der Waals surface area contributed by atoms with E-state index in [1.807, 2.05) is 14.0 Å². The van der Waals surface area contributed by atoms with Crippen molar-refractivity contribution in [3.63, 3.8) is 0 Å². The first-order valence-electron chi connectivity index (χ1n) is 4.73. The molecule has 0 spiro atoms. The summed E-state index contributed by atoms with van der Waals surface area (Å²) in [4.78, 5) is 13.4. The van der Waals surface area contributed by atoms with Gasteiger partial charge in [-0.3, -0.25) is 4.79 Å². The van der Waals surface area contributed by atoms with Crippen LogP contribution in [-0.4, -0.2) is 36.5 Å². The van der Waals surface area contributed by atoms with E-state index in [-0.39, 0.29) is 24.4 Å². The molecule has 1 aliphatic heterocycles. The highest BCUT2D eigenvalue weighted by Crippen LogP contribution is 2.40. The Balaban J connectivity index is 0.000000845. The predicted molar refractivity (Wildman–Crippen MR) is 54.0 cm³/mol. The third kappa shape index (κ3) is 1.97. The lowest BCUT2D eigenvalue weighted by Crippen LogP contribution is -2.43. The molecule has 2 fully saturated rings. The smallest absolute Gasteiger partial charge is 0.239 e. The van der Waals surface area contributed by atoms with Crippen molar-refractivity contribution in [1.82, 2.24) is 10.2 Å². The summed E-state index contributed by atoms with van der Waals surface area (Å²) in [5.41, 5.74) is 0. The third-order valence-electron chi connectivity index (χ3n) is 3.02. The maximum absolute atomic E-state index is 11.6. The number of carbonyl (C=O) groups is 1. The normalized spacial score (nSPS) is 34.8. The minimum absolute atomic E-state index is 0. The number of rotatable bonds is 2. The summed E-state index contributed by atoms with van der Waals surface area (Å²) >= 11 is 0. The lowest BCUT2D eigenvalue weighted by molar-refractivity contribution is -0.131. The Morgan fingerprint density at radius 3 is 2.69 bits per heavy atom. The number of hydrogen-bond acceptors (Lipinski definition) is 2. The van der Waals surface area contributed by atoms with Crippen molar-refractivity contribution >= 4 is 18.3 Å². The second kappa shape index (κ2) is 3.84. The molecule has 0 aromatic rings. The van der Waals surface area contributed by atoms with Crippen molar-refractivity contribution in [1.29, 1.82) is 0 Å². The van der Waals surface area contributed by atoms with Crippen molar-refractivity contribution in [2.24, 2.45) is 5.92 Å². The molecular formula is C9H17ClN2O. The number of piperidine rings is 1. The topological polar surface area (TPSA) is 32.3 Å². The van der Waals surface area contributed by atoms with Crippen LogP contribution >= 0.6 is 12.4 Å². The van der Waals surface area contributed by atoms with Gasteiger partial charge in [0.25, 0.3) is 0 Å². The van der Waals surface area contributed by atoms with Gasteiger partial charge >= 0.3 is 0 Å². The molecule has 0 unspecified atom stereocenters. The summed E-state index contributed by atoms with van der Waals surface area (Å²) in [7, 11) is 1.87. The van der Waals surface area contributed by atoms with Crippen LogP contribution in [0.15, 0.2) is 0 Å². The predicted octanol–water partition coefficient (Wildman–Crippen LogP) is 0.637. The fourth-order valence-corrected chi connectivity index (χ4v) is 1.94. The molecule has 1 amide bonds. The van der Waals surface area contributed by atoms with E-state index < -0.39 is 0 Å². The molecule has 1 heterocycles. The van der Waals surface area contributed by atoms with Crippen molar-refractivity contribution < 1.29 is 4.79 Å². The summed E-state index contributed by atoms with van der Waals surface area (Å²) in [6, 6.07) is 0.794. The zero-order valence-electron chi connectivity index (χ0n) is 8.12. The van der Waals surface area contributed by atoms with Crippen LogP contribution in [0.1, 0.15) is 19.8 Å². The lowest BCUT2D eigenvalue weighted by Gasteiger charge is -2.20. The van der Waals surface area contributed by atoms with Crippen LogP contribution < -0.4 is 5.32 Å². The second-order valence-corrected chi connectivity index (χ2v) is 3.91. The Morgan fingerprint density at radius 2 is 2.23 bits per heavy atom. The minimum Gasteiger partial charge on any atom is -0.345 e. The molecular weight excluding hydrogens is 188 g/mol. The van der Waals surface area contributed by atoms with Crippen LogP contribution in [-0.2, 0) is 4.79 Å². The molecule has 13 heavy (non-hydrogen) atoms. The van der Waals surface area contributed by atoms with Crippen LogP contribution in [0.3, 0.4) is 0 Å². The number of amides is 1. The monoisotopic (exact) mass is 204 g/mol. The van der Waals surface area contributed by atoms with Crippen LogP contribution in [0.4, 0.5) is 0 Å². The third-order valence-corrected chi connectivity index (χ3v) is 3.02. The summed E-state index contributed by atoms with van der Waals surface area (Å²) in [5.74, 6) is 1.08. The highest BCUT2D eigenvalue weighted by molar-refractivity contribution is 5.85. The molecule has 2 rings (SSSR count). The molecule has 0 bridgehead atoms. The van der Waals surface area contributed by atoms with E-state index in [1.165, 1.54) is 6.42 Å². The van der Waals surface area contributed by atoms with Crippen molar-refractivity contribution in [3.8, 4) is 0 Å². The number of nitrogens with zero attached hydrogens (tertiary/aromatic N) is 1. The number of nitrogens with one attached hydrogen (secondary N) is 1. The second-order valence-electron chi connectivity index (χ2n) is 3.91.